The molecule has 2 amide bonds. The van der Waals surface area contributed by atoms with Gasteiger partial charge in [0.1, 0.15) is 5.75 Å². The molecule has 0 spiro atoms. The second-order valence-corrected chi connectivity index (χ2v) is 5.21. The summed E-state index contributed by atoms with van der Waals surface area (Å²) in [5, 5.41) is 9.58. The average Bonchev–Trinajstić information content (AvgIpc) is 2.97. The van der Waals surface area contributed by atoms with Gasteiger partial charge in [0.2, 0.25) is 5.91 Å². The summed E-state index contributed by atoms with van der Waals surface area (Å²) in [5.74, 6) is 0.754. The van der Waals surface area contributed by atoms with Gasteiger partial charge in [-0.3, -0.25) is 14.3 Å². The molecule has 0 radical (unpaired) electrons. The Morgan fingerprint density at radius 1 is 1.25 bits per heavy atom. The number of aryl methyl sites for hydroxylation is 1. The Labute approximate surface area is 141 Å². The molecule has 0 aliphatic heterocycles. The number of anilines is 1. The molecule has 0 aliphatic rings. The lowest BCUT2D eigenvalue weighted by atomic mass is 10.2. The van der Waals surface area contributed by atoms with Crippen LogP contribution in [0.2, 0.25) is 0 Å². The van der Waals surface area contributed by atoms with Gasteiger partial charge >= 0.3 is 0 Å². The number of benzene rings is 1. The number of nitrogens with zero attached hydrogens (tertiary/aromatic N) is 2. The van der Waals surface area contributed by atoms with Crippen LogP contribution in [0, 0.1) is 0 Å². The normalized spacial score (nSPS) is 10.2. The van der Waals surface area contributed by atoms with Crippen molar-refractivity contribution in [3.63, 3.8) is 0 Å². The third-order valence-electron chi connectivity index (χ3n) is 3.28. The quantitative estimate of drug-likeness (QED) is 0.725. The summed E-state index contributed by atoms with van der Waals surface area (Å²) in [4.78, 5) is 24.0. The zero-order valence-corrected chi connectivity index (χ0v) is 13.9. The molecule has 2 rings (SSSR count). The SMILES string of the molecule is CCOc1ccccc1C(=O)NCCCC(=O)Nc1ccn(C)n1. The van der Waals surface area contributed by atoms with E-state index >= 15 is 0 Å². The fourth-order valence-corrected chi connectivity index (χ4v) is 2.17. The zero-order valence-electron chi connectivity index (χ0n) is 13.9. The maximum absolute atomic E-state index is 12.2. The minimum absolute atomic E-state index is 0.127. The largest absolute Gasteiger partial charge is 0.493 e. The van der Waals surface area contributed by atoms with Crippen molar-refractivity contribution in [1.82, 2.24) is 15.1 Å². The highest BCUT2D eigenvalue weighted by Gasteiger charge is 2.11. The van der Waals surface area contributed by atoms with Crippen molar-refractivity contribution < 1.29 is 14.3 Å². The Morgan fingerprint density at radius 2 is 2.04 bits per heavy atom. The molecule has 7 heteroatoms. The fourth-order valence-electron chi connectivity index (χ4n) is 2.17. The first-order valence-electron chi connectivity index (χ1n) is 7.89. The molecule has 1 aromatic heterocycles. The smallest absolute Gasteiger partial charge is 0.255 e. The number of carbonyl (C=O) groups is 2. The zero-order chi connectivity index (χ0) is 17.4. The van der Waals surface area contributed by atoms with E-state index in [0.717, 1.165) is 0 Å². The van der Waals surface area contributed by atoms with Gasteiger partial charge in [0.05, 0.1) is 12.2 Å². The topological polar surface area (TPSA) is 85.2 Å². The van der Waals surface area contributed by atoms with Gasteiger partial charge in [-0.05, 0) is 25.5 Å². The van der Waals surface area contributed by atoms with E-state index in [1.165, 1.54) is 0 Å². The number of hydrogen-bond donors (Lipinski definition) is 2. The highest BCUT2D eigenvalue weighted by atomic mass is 16.5. The predicted molar refractivity (Wildman–Crippen MR) is 91.0 cm³/mol. The number of aromatic nitrogens is 2. The van der Waals surface area contributed by atoms with E-state index in [0.29, 0.717) is 43.1 Å². The number of hydrogen-bond acceptors (Lipinski definition) is 4. The summed E-state index contributed by atoms with van der Waals surface area (Å²) in [6.45, 7) is 2.78. The highest BCUT2D eigenvalue weighted by molar-refractivity contribution is 5.97. The molecule has 1 heterocycles. The fraction of sp³-hybridized carbons (Fsp3) is 0.353. The van der Waals surface area contributed by atoms with Crippen LogP contribution < -0.4 is 15.4 Å². The minimum atomic E-state index is -0.204. The lowest BCUT2D eigenvalue weighted by Gasteiger charge is -2.10. The molecule has 0 saturated carbocycles. The van der Waals surface area contributed by atoms with E-state index < -0.39 is 0 Å². The summed E-state index contributed by atoms with van der Waals surface area (Å²) in [5.41, 5.74) is 0.497. The van der Waals surface area contributed by atoms with Gasteiger partial charge in [-0.25, -0.2) is 0 Å². The number of carbonyl (C=O) groups excluding carboxylic acids is 2. The summed E-state index contributed by atoms with van der Waals surface area (Å²) in [7, 11) is 1.78. The summed E-state index contributed by atoms with van der Waals surface area (Å²) >= 11 is 0. The van der Waals surface area contributed by atoms with Crippen molar-refractivity contribution in [2.24, 2.45) is 7.05 Å². The van der Waals surface area contributed by atoms with Crippen molar-refractivity contribution in [1.29, 1.82) is 0 Å². The molecule has 2 N–H and O–H groups in total. The van der Waals surface area contributed by atoms with Gasteiger partial charge in [-0.2, -0.15) is 5.10 Å². The monoisotopic (exact) mass is 330 g/mol. The van der Waals surface area contributed by atoms with Crippen molar-refractivity contribution in [3.05, 3.63) is 42.1 Å². The Balaban J connectivity index is 1.74. The predicted octanol–water partition coefficient (Wildman–Crippen LogP) is 1.97. The van der Waals surface area contributed by atoms with Crippen LogP contribution in [0.1, 0.15) is 30.1 Å². The summed E-state index contributed by atoms with van der Waals surface area (Å²) in [6.07, 6.45) is 2.61. The number of rotatable bonds is 8. The maximum Gasteiger partial charge on any atom is 0.255 e. The van der Waals surface area contributed by atoms with Crippen LogP contribution in [0.15, 0.2) is 36.5 Å². The highest BCUT2D eigenvalue weighted by Crippen LogP contribution is 2.17. The molecule has 128 valence electrons. The molecule has 0 atom stereocenters. The third kappa shape index (κ3) is 5.12. The van der Waals surface area contributed by atoms with Crippen molar-refractivity contribution in [3.8, 4) is 5.75 Å². The van der Waals surface area contributed by atoms with Crippen LogP contribution in [-0.4, -0.2) is 34.7 Å². The second kappa shape index (κ2) is 8.71. The molecular weight excluding hydrogens is 308 g/mol. The number of nitrogens with one attached hydrogen (secondary N) is 2. The molecular formula is C17H22N4O3. The Hall–Kier alpha value is -2.83. The van der Waals surface area contributed by atoms with Gasteiger partial charge in [-0.1, -0.05) is 12.1 Å². The lowest BCUT2D eigenvalue weighted by molar-refractivity contribution is -0.116. The maximum atomic E-state index is 12.2. The van der Waals surface area contributed by atoms with Crippen LogP contribution in [0.4, 0.5) is 5.82 Å². The number of amides is 2. The van der Waals surface area contributed by atoms with Crippen molar-refractivity contribution >= 4 is 17.6 Å². The van der Waals surface area contributed by atoms with Crippen molar-refractivity contribution in [2.45, 2.75) is 19.8 Å². The van der Waals surface area contributed by atoms with E-state index in [2.05, 4.69) is 15.7 Å². The van der Waals surface area contributed by atoms with Crippen LogP contribution in [0.5, 0.6) is 5.75 Å². The van der Waals surface area contributed by atoms with E-state index in [9.17, 15) is 9.59 Å². The molecule has 2 aromatic rings. The number of para-hydroxylation sites is 1. The van der Waals surface area contributed by atoms with Gasteiger partial charge < -0.3 is 15.4 Å². The standard InChI is InChI=1S/C17H22N4O3/c1-3-24-14-8-5-4-7-13(14)17(23)18-11-6-9-16(22)19-15-10-12-21(2)20-15/h4-5,7-8,10,12H,3,6,9,11H2,1-2H3,(H,18,23)(H,19,20,22). The summed E-state index contributed by atoms with van der Waals surface area (Å²) in [6, 6.07) is 8.82. The average molecular weight is 330 g/mol. The molecule has 0 bridgehead atoms. The Morgan fingerprint density at radius 3 is 2.75 bits per heavy atom. The molecule has 0 fully saturated rings. The van der Waals surface area contributed by atoms with Gasteiger partial charge in [-0.15, -0.1) is 0 Å². The van der Waals surface area contributed by atoms with E-state index in [1.54, 1.807) is 42.2 Å². The first-order chi connectivity index (χ1) is 11.6. The van der Waals surface area contributed by atoms with Crippen LogP contribution in [0.3, 0.4) is 0 Å². The minimum Gasteiger partial charge on any atom is -0.493 e. The first kappa shape index (κ1) is 17.5. The Bertz CT molecular complexity index is 697. The van der Waals surface area contributed by atoms with Gasteiger partial charge in [0.25, 0.3) is 5.91 Å². The summed E-state index contributed by atoms with van der Waals surface area (Å²) < 4.78 is 7.05. The van der Waals surface area contributed by atoms with Crippen molar-refractivity contribution in [2.75, 3.05) is 18.5 Å². The van der Waals surface area contributed by atoms with Gasteiger partial charge in [0.15, 0.2) is 5.82 Å². The van der Waals surface area contributed by atoms with Gasteiger partial charge in [0, 0.05) is 32.3 Å². The molecule has 0 aliphatic carbocycles. The third-order valence-corrected chi connectivity index (χ3v) is 3.28. The van der Waals surface area contributed by atoms with Crippen LogP contribution in [0.25, 0.3) is 0 Å². The molecule has 24 heavy (non-hydrogen) atoms. The lowest BCUT2D eigenvalue weighted by Crippen LogP contribution is -2.26. The molecule has 7 nitrogen and oxygen atoms in total. The molecule has 0 saturated heterocycles. The second-order valence-electron chi connectivity index (χ2n) is 5.21. The van der Waals surface area contributed by atoms with E-state index in [4.69, 9.17) is 4.74 Å². The van der Waals surface area contributed by atoms with Crippen LogP contribution >= 0.6 is 0 Å². The van der Waals surface area contributed by atoms with E-state index in [-0.39, 0.29) is 11.8 Å². The Kier molecular flexibility index (Phi) is 6.36. The van der Waals surface area contributed by atoms with E-state index in [1.807, 2.05) is 13.0 Å². The molecule has 0 unspecified atom stereocenters. The molecule has 1 aromatic carbocycles. The first-order valence-corrected chi connectivity index (χ1v) is 7.89. The number of ether oxygens (including phenoxy) is 1. The van der Waals surface area contributed by atoms with Crippen LogP contribution in [-0.2, 0) is 11.8 Å².